The van der Waals surface area contributed by atoms with Gasteiger partial charge in [-0.3, -0.25) is 13.9 Å². The maximum atomic E-state index is 13.4. The molecule has 7 nitrogen and oxygen atoms in total. The first kappa shape index (κ1) is 20.1. The number of sulfone groups is 1. The van der Waals surface area contributed by atoms with Crippen LogP contribution in [-0.2, 0) is 23.9 Å². The fourth-order valence-electron chi connectivity index (χ4n) is 3.28. The molecule has 9 heteroatoms. The minimum atomic E-state index is -3.95. The molecule has 0 bridgehead atoms. The second-order valence-electron chi connectivity index (χ2n) is 6.99. The maximum absolute atomic E-state index is 13.4. The summed E-state index contributed by atoms with van der Waals surface area (Å²) in [5.74, 6) is -0.411. The van der Waals surface area contributed by atoms with Gasteiger partial charge in [0.1, 0.15) is 0 Å². The number of carbonyl (C=O) groups excluding carboxylic acids is 1. The van der Waals surface area contributed by atoms with E-state index in [2.05, 4.69) is 5.32 Å². The molecule has 2 aromatic carbocycles. The maximum Gasteiger partial charge on any atom is 0.328 e. The Morgan fingerprint density at radius 3 is 2.23 bits per heavy atom. The summed E-state index contributed by atoms with van der Waals surface area (Å²) in [4.78, 5) is 25.5. The molecular formula is C21H19N3O4S2. The standard InChI is InChI=1S/C21H19N3O4S2/c1-13-6-8-14(9-7-13)30(27,28)19-12-17-16(23(2)21(26)24(17)3)11-15(19)22-20(25)18-5-4-10-29-18/h4-12H,1-3H3,(H,22,25). The molecule has 0 aliphatic rings. The number of nitrogens with one attached hydrogen (secondary N) is 1. The van der Waals surface area contributed by atoms with Gasteiger partial charge in [0.05, 0.1) is 31.4 Å². The monoisotopic (exact) mass is 441 g/mol. The van der Waals surface area contributed by atoms with E-state index in [4.69, 9.17) is 0 Å². The Morgan fingerprint density at radius 1 is 1.00 bits per heavy atom. The summed E-state index contributed by atoms with van der Waals surface area (Å²) in [5, 5.41) is 4.48. The average Bonchev–Trinajstić information content (AvgIpc) is 3.33. The Hall–Kier alpha value is -3.17. The van der Waals surface area contributed by atoms with Crippen LogP contribution in [0.3, 0.4) is 0 Å². The van der Waals surface area contributed by atoms with Gasteiger partial charge in [0.2, 0.25) is 9.84 Å². The highest BCUT2D eigenvalue weighted by atomic mass is 32.2. The van der Waals surface area contributed by atoms with Gasteiger partial charge in [0.25, 0.3) is 5.91 Å². The van der Waals surface area contributed by atoms with Crippen LogP contribution in [0.15, 0.2) is 68.5 Å². The van der Waals surface area contributed by atoms with Crippen LogP contribution in [0.1, 0.15) is 15.2 Å². The number of benzene rings is 2. The number of rotatable bonds is 4. The van der Waals surface area contributed by atoms with Crippen molar-refractivity contribution in [3.63, 3.8) is 0 Å². The lowest BCUT2D eigenvalue weighted by Gasteiger charge is -2.13. The normalized spacial score (nSPS) is 11.7. The Bertz CT molecular complexity index is 1430. The first-order valence-electron chi connectivity index (χ1n) is 9.06. The molecule has 0 saturated carbocycles. The average molecular weight is 442 g/mol. The van der Waals surface area contributed by atoms with Crippen molar-refractivity contribution < 1.29 is 13.2 Å². The molecule has 0 unspecified atom stereocenters. The molecule has 154 valence electrons. The molecule has 0 radical (unpaired) electrons. The predicted octanol–water partition coefficient (Wildman–Crippen LogP) is 3.33. The van der Waals surface area contributed by atoms with Gasteiger partial charge in [-0.1, -0.05) is 23.8 Å². The summed E-state index contributed by atoms with van der Waals surface area (Å²) in [6, 6.07) is 12.9. The summed E-state index contributed by atoms with van der Waals surface area (Å²) in [6.45, 7) is 1.87. The predicted molar refractivity (Wildman–Crippen MR) is 117 cm³/mol. The zero-order valence-electron chi connectivity index (χ0n) is 16.5. The topological polar surface area (TPSA) is 90.2 Å². The summed E-state index contributed by atoms with van der Waals surface area (Å²) in [7, 11) is -0.768. The molecule has 4 rings (SSSR count). The van der Waals surface area contributed by atoms with Gasteiger partial charge in [-0.25, -0.2) is 13.2 Å². The zero-order chi connectivity index (χ0) is 21.6. The van der Waals surface area contributed by atoms with Crippen LogP contribution >= 0.6 is 11.3 Å². The number of carbonyl (C=O) groups is 1. The van der Waals surface area contributed by atoms with E-state index < -0.39 is 15.7 Å². The number of hydrogen-bond acceptors (Lipinski definition) is 5. The van der Waals surface area contributed by atoms with Crippen LogP contribution in [0.2, 0.25) is 0 Å². The number of imidazole rings is 1. The largest absolute Gasteiger partial charge is 0.328 e. The molecule has 0 spiro atoms. The Labute approximate surface area is 177 Å². The number of aryl methyl sites for hydroxylation is 3. The molecule has 0 atom stereocenters. The van der Waals surface area contributed by atoms with Gasteiger partial charge in [-0.2, -0.15) is 0 Å². The van der Waals surface area contributed by atoms with Gasteiger partial charge in [0, 0.05) is 14.1 Å². The van der Waals surface area contributed by atoms with Gasteiger partial charge >= 0.3 is 5.69 Å². The van der Waals surface area contributed by atoms with E-state index in [0.29, 0.717) is 15.9 Å². The molecule has 1 amide bonds. The Morgan fingerprint density at radius 2 is 1.63 bits per heavy atom. The summed E-state index contributed by atoms with van der Waals surface area (Å²) >= 11 is 1.25. The summed E-state index contributed by atoms with van der Waals surface area (Å²) < 4.78 is 29.7. The third-order valence-corrected chi connectivity index (χ3v) is 7.67. The van der Waals surface area contributed by atoms with Crippen molar-refractivity contribution in [2.45, 2.75) is 16.7 Å². The zero-order valence-corrected chi connectivity index (χ0v) is 18.2. The molecule has 0 fully saturated rings. The fourth-order valence-corrected chi connectivity index (χ4v) is 5.32. The van der Waals surface area contributed by atoms with Crippen LogP contribution in [0.4, 0.5) is 5.69 Å². The number of aromatic nitrogens is 2. The summed E-state index contributed by atoms with van der Waals surface area (Å²) in [6.07, 6.45) is 0. The van der Waals surface area contributed by atoms with E-state index in [1.807, 2.05) is 6.92 Å². The van der Waals surface area contributed by atoms with E-state index in [1.54, 1.807) is 43.7 Å². The highest BCUT2D eigenvalue weighted by molar-refractivity contribution is 7.91. The van der Waals surface area contributed by atoms with Gasteiger partial charge in [-0.15, -0.1) is 11.3 Å². The quantitative estimate of drug-likeness (QED) is 0.526. The molecule has 4 aromatic rings. The Balaban J connectivity index is 1.96. The van der Waals surface area contributed by atoms with Gasteiger partial charge < -0.3 is 5.32 Å². The van der Waals surface area contributed by atoms with Crippen molar-refractivity contribution in [1.29, 1.82) is 0 Å². The van der Waals surface area contributed by atoms with E-state index in [1.165, 1.54) is 44.7 Å². The number of anilines is 1. The lowest BCUT2D eigenvalue weighted by atomic mass is 10.2. The van der Waals surface area contributed by atoms with E-state index in [0.717, 1.165) is 5.56 Å². The first-order chi connectivity index (χ1) is 14.2. The molecule has 0 aliphatic heterocycles. The number of thiophene rings is 1. The number of amides is 1. The minimum absolute atomic E-state index is 0.0649. The van der Waals surface area contributed by atoms with Crippen molar-refractivity contribution in [1.82, 2.24) is 9.13 Å². The lowest BCUT2D eigenvalue weighted by Crippen LogP contribution is -2.19. The number of fused-ring (bicyclic) bond motifs is 1. The van der Waals surface area contributed by atoms with Gasteiger partial charge in [0.15, 0.2) is 0 Å². The third kappa shape index (κ3) is 3.25. The Kier molecular flexibility index (Phi) is 4.87. The second-order valence-corrected chi connectivity index (χ2v) is 9.85. The van der Waals surface area contributed by atoms with Crippen molar-refractivity contribution in [3.8, 4) is 0 Å². The minimum Gasteiger partial charge on any atom is -0.320 e. The molecular weight excluding hydrogens is 422 g/mol. The lowest BCUT2D eigenvalue weighted by molar-refractivity contribution is 0.103. The molecule has 0 saturated heterocycles. The smallest absolute Gasteiger partial charge is 0.320 e. The van der Waals surface area contributed by atoms with Crippen molar-refractivity contribution >= 4 is 43.8 Å². The van der Waals surface area contributed by atoms with Crippen LogP contribution in [0, 0.1) is 6.92 Å². The van der Waals surface area contributed by atoms with Crippen LogP contribution < -0.4 is 11.0 Å². The van der Waals surface area contributed by atoms with Crippen molar-refractivity contribution in [2.24, 2.45) is 14.1 Å². The van der Waals surface area contributed by atoms with E-state index in [9.17, 15) is 18.0 Å². The van der Waals surface area contributed by atoms with Gasteiger partial charge in [-0.05, 0) is 42.6 Å². The van der Waals surface area contributed by atoms with Crippen LogP contribution in [-0.4, -0.2) is 23.5 Å². The molecule has 2 heterocycles. The highest BCUT2D eigenvalue weighted by Crippen LogP contribution is 2.32. The second kappa shape index (κ2) is 7.26. The SMILES string of the molecule is Cc1ccc(S(=O)(=O)c2cc3c(cc2NC(=O)c2cccs2)n(C)c(=O)n3C)cc1. The highest BCUT2D eigenvalue weighted by Gasteiger charge is 2.25. The van der Waals surface area contributed by atoms with Crippen molar-refractivity contribution in [3.05, 3.63) is 74.8 Å². The van der Waals surface area contributed by atoms with E-state index >= 15 is 0 Å². The molecule has 0 aliphatic carbocycles. The molecule has 30 heavy (non-hydrogen) atoms. The fraction of sp³-hybridized carbons (Fsp3) is 0.143. The summed E-state index contributed by atoms with van der Waals surface area (Å²) in [5.41, 5.74) is 1.75. The first-order valence-corrected chi connectivity index (χ1v) is 11.4. The van der Waals surface area contributed by atoms with E-state index in [-0.39, 0.29) is 21.2 Å². The van der Waals surface area contributed by atoms with Crippen LogP contribution in [0.5, 0.6) is 0 Å². The van der Waals surface area contributed by atoms with Crippen LogP contribution in [0.25, 0.3) is 11.0 Å². The third-order valence-electron chi connectivity index (χ3n) is 4.99. The molecule has 2 aromatic heterocycles. The number of hydrogen-bond donors (Lipinski definition) is 1. The van der Waals surface area contributed by atoms with Crippen molar-refractivity contribution in [2.75, 3.05) is 5.32 Å². The number of nitrogens with zero attached hydrogens (tertiary/aromatic N) is 2. The molecule has 1 N–H and O–H groups in total.